The summed E-state index contributed by atoms with van der Waals surface area (Å²) < 4.78 is 17.6. The molecule has 1 aromatic heterocycles. The number of benzene rings is 2. The third-order valence-electron chi connectivity index (χ3n) is 6.99. The van der Waals surface area contributed by atoms with Crippen LogP contribution in [0.4, 0.5) is 0 Å². The van der Waals surface area contributed by atoms with E-state index in [0.717, 1.165) is 23.8 Å². The number of unbranched alkanes of at least 4 members (excludes halogenated alkanes) is 2. The molecule has 0 bridgehead atoms. The lowest BCUT2D eigenvalue weighted by Gasteiger charge is -2.35. The van der Waals surface area contributed by atoms with Crippen molar-refractivity contribution >= 4 is 16.9 Å². The summed E-state index contributed by atoms with van der Waals surface area (Å²) in [6.45, 7) is 17.3. The molecule has 5 nitrogen and oxygen atoms in total. The molecule has 0 amide bonds. The molecular formula is C34H44O5. The van der Waals surface area contributed by atoms with Crippen molar-refractivity contribution in [2.45, 2.75) is 104 Å². The van der Waals surface area contributed by atoms with Crippen molar-refractivity contribution < 1.29 is 18.7 Å². The highest BCUT2D eigenvalue weighted by Crippen LogP contribution is 2.32. The van der Waals surface area contributed by atoms with Gasteiger partial charge in [0.05, 0.1) is 5.56 Å². The molecule has 1 heterocycles. The van der Waals surface area contributed by atoms with E-state index in [-0.39, 0.29) is 5.63 Å². The lowest BCUT2D eigenvalue weighted by atomic mass is 9.89. The largest absolute Gasteiger partial charge is 0.488 e. The highest BCUT2D eigenvalue weighted by atomic mass is 16.6. The summed E-state index contributed by atoms with van der Waals surface area (Å²) in [5.41, 5.74) is 1.75. The molecule has 3 aromatic rings. The van der Waals surface area contributed by atoms with Crippen LogP contribution in [-0.4, -0.2) is 17.2 Å². The minimum absolute atomic E-state index is 0.356. The Bertz CT molecular complexity index is 1360. The topological polar surface area (TPSA) is 65.7 Å². The fourth-order valence-electron chi connectivity index (χ4n) is 5.32. The number of rotatable bonds is 13. The molecule has 210 valence electrons. The number of ether oxygens (including phenoxy) is 2. The molecule has 0 radical (unpaired) electrons. The molecule has 0 spiro atoms. The van der Waals surface area contributed by atoms with Crippen LogP contribution in [0.3, 0.4) is 0 Å². The van der Waals surface area contributed by atoms with Gasteiger partial charge in [0, 0.05) is 23.4 Å². The number of carbonyl (C=O) groups excluding carboxylic acids is 1. The minimum Gasteiger partial charge on any atom is -0.488 e. The third-order valence-corrected chi connectivity index (χ3v) is 6.99. The number of esters is 1. The smallest absolute Gasteiger partial charge is 0.344 e. The van der Waals surface area contributed by atoms with Crippen LogP contribution < -0.4 is 10.4 Å². The van der Waals surface area contributed by atoms with Crippen molar-refractivity contribution in [2.24, 2.45) is 0 Å². The van der Waals surface area contributed by atoms with E-state index in [0.29, 0.717) is 34.8 Å². The molecule has 5 heteroatoms. The van der Waals surface area contributed by atoms with Gasteiger partial charge in [-0.2, -0.15) is 0 Å². The Balaban J connectivity index is 1.82. The maximum atomic E-state index is 13.1. The first-order valence-electron chi connectivity index (χ1n) is 14.1. The van der Waals surface area contributed by atoms with Gasteiger partial charge in [-0.05, 0) is 82.7 Å². The Labute approximate surface area is 233 Å². The summed E-state index contributed by atoms with van der Waals surface area (Å²) in [5, 5.41) is 0.825. The van der Waals surface area contributed by atoms with Crippen molar-refractivity contribution in [2.75, 3.05) is 0 Å². The summed E-state index contributed by atoms with van der Waals surface area (Å²) in [5.74, 6) is 0.637. The standard InChI is InChI=1S/C34H44O5/c1-9-11-12-14-24(10-2)25-15-13-16-26(19-25)29-20-27-17-18-28(21-30(27)37-32(29)36)38-33(5,6)22-34(7,8)39-31(35)23(3)4/h13,15-21,24H,3,9-12,14,22H2,1-2,4-8H3. The average Bonchev–Trinajstić information content (AvgIpc) is 2.85. The zero-order valence-corrected chi connectivity index (χ0v) is 24.7. The van der Waals surface area contributed by atoms with Crippen LogP contribution in [0.15, 0.2) is 69.9 Å². The van der Waals surface area contributed by atoms with Crippen LogP contribution >= 0.6 is 0 Å². The van der Waals surface area contributed by atoms with Gasteiger partial charge in [0.15, 0.2) is 0 Å². The summed E-state index contributed by atoms with van der Waals surface area (Å²) in [6, 6.07) is 15.7. The van der Waals surface area contributed by atoms with E-state index in [4.69, 9.17) is 13.9 Å². The van der Waals surface area contributed by atoms with E-state index in [2.05, 4.69) is 32.6 Å². The summed E-state index contributed by atoms with van der Waals surface area (Å²) in [7, 11) is 0. The predicted molar refractivity (Wildman–Crippen MR) is 159 cm³/mol. The first-order valence-corrected chi connectivity index (χ1v) is 14.1. The molecule has 3 rings (SSSR count). The summed E-state index contributed by atoms with van der Waals surface area (Å²) in [6.07, 6.45) is 6.36. The van der Waals surface area contributed by atoms with Gasteiger partial charge in [-0.15, -0.1) is 0 Å². The van der Waals surface area contributed by atoms with Gasteiger partial charge < -0.3 is 13.9 Å². The van der Waals surface area contributed by atoms with Crippen LogP contribution in [0.2, 0.25) is 0 Å². The molecule has 2 aromatic carbocycles. The summed E-state index contributed by atoms with van der Waals surface area (Å²) in [4.78, 5) is 25.1. The molecule has 0 fully saturated rings. The summed E-state index contributed by atoms with van der Waals surface area (Å²) >= 11 is 0. The molecule has 0 aliphatic heterocycles. The van der Waals surface area contributed by atoms with E-state index in [9.17, 15) is 9.59 Å². The van der Waals surface area contributed by atoms with Gasteiger partial charge in [0.2, 0.25) is 0 Å². The van der Waals surface area contributed by atoms with Gasteiger partial charge in [-0.1, -0.05) is 64.0 Å². The highest BCUT2D eigenvalue weighted by Gasteiger charge is 2.33. The van der Waals surface area contributed by atoms with Crippen LogP contribution in [-0.2, 0) is 9.53 Å². The normalized spacial score (nSPS) is 12.8. The Hall–Kier alpha value is -3.34. The minimum atomic E-state index is -0.751. The molecular weight excluding hydrogens is 488 g/mol. The van der Waals surface area contributed by atoms with Gasteiger partial charge in [-0.25, -0.2) is 9.59 Å². The van der Waals surface area contributed by atoms with Gasteiger partial charge >= 0.3 is 11.6 Å². The van der Waals surface area contributed by atoms with Crippen molar-refractivity contribution in [3.63, 3.8) is 0 Å². The predicted octanol–water partition coefficient (Wildman–Crippen LogP) is 8.98. The van der Waals surface area contributed by atoms with Crippen LogP contribution in [0.5, 0.6) is 5.75 Å². The van der Waals surface area contributed by atoms with Gasteiger partial charge in [0.1, 0.15) is 22.5 Å². The van der Waals surface area contributed by atoms with Crippen LogP contribution in [0, 0.1) is 0 Å². The second-order valence-electron chi connectivity index (χ2n) is 11.8. The van der Waals surface area contributed by atoms with Gasteiger partial charge in [0.25, 0.3) is 0 Å². The Kier molecular flexibility index (Phi) is 9.82. The first-order chi connectivity index (χ1) is 18.3. The van der Waals surface area contributed by atoms with Crippen molar-refractivity contribution in [1.29, 1.82) is 0 Å². The Morgan fingerprint density at radius 3 is 2.41 bits per heavy atom. The maximum absolute atomic E-state index is 13.1. The second-order valence-corrected chi connectivity index (χ2v) is 11.8. The Morgan fingerprint density at radius 2 is 1.74 bits per heavy atom. The van der Waals surface area contributed by atoms with E-state index < -0.39 is 17.2 Å². The fraction of sp³-hybridized carbons (Fsp3) is 0.471. The number of carbonyl (C=O) groups is 1. The third kappa shape index (κ3) is 8.32. The SMILES string of the molecule is C=C(C)C(=O)OC(C)(C)CC(C)(C)Oc1ccc2cc(-c3cccc(C(CC)CCCCC)c3)c(=O)oc2c1. The number of hydrogen-bond donors (Lipinski definition) is 0. The van der Waals surface area contributed by atoms with E-state index in [1.807, 2.05) is 58.0 Å². The van der Waals surface area contributed by atoms with Crippen LogP contribution in [0.25, 0.3) is 22.1 Å². The molecule has 39 heavy (non-hydrogen) atoms. The monoisotopic (exact) mass is 532 g/mol. The van der Waals surface area contributed by atoms with Crippen molar-refractivity contribution in [3.8, 4) is 16.9 Å². The quantitative estimate of drug-likeness (QED) is 0.0951. The average molecular weight is 533 g/mol. The first kappa shape index (κ1) is 30.2. The number of hydrogen-bond acceptors (Lipinski definition) is 5. The molecule has 1 atom stereocenters. The second kappa shape index (κ2) is 12.7. The molecule has 1 unspecified atom stereocenters. The van der Waals surface area contributed by atoms with Crippen molar-refractivity contribution in [3.05, 3.63) is 76.7 Å². The van der Waals surface area contributed by atoms with E-state index >= 15 is 0 Å². The number of fused-ring (bicyclic) bond motifs is 1. The molecule has 0 saturated heterocycles. The molecule has 0 aliphatic rings. The van der Waals surface area contributed by atoms with Crippen LogP contribution in [0.1, 0.15) is 98.5 Å². The lowest BCUT2D eigenvalue weighted by molar-refractivity contribution is -0.155. The fourth-order valence-corrected chi connectivity index (χ4v) is 5.32. The van der Waals surface area contributed by atoms with Crippen molar-refractivity contribution in [1.82, 2.24) is 0 Å². The van der Waals surface area contributed by atoms with E-state index in [1.165, 1.54) is 24.8 Å². The maximum Gasteiger partial charge on any atom is 0.344 e. The molecule has 0 aliphatic carbocycles. The zero-order chi connectivity index (χ0) is 28.8. The molecule has 0 saturated carbocycles. The lowest BCUT2D eigenvalue weighted by Crippen LogP contribution is -2.40. The zero-order valence-electron chi connectivity index (χ0n) is 24.7. The molecule has 0 N–H and O–H groups in total. The Morgan fingerprint density at radius 1 is 1.00 bits per heavy atom. The van der Waals surface area contributed by atoms with Gasteiger partial charge in [-0.3, -0.25) is 0 Å². The van der Waals surface area contributed by atoms with E-state index in [1.54, 1.807) is 13.0 Å². The highest BCUT2D eigenvalue weighted by molar-refractivity contribution is 5.87.